The lowest BCUT2D eigenvalue weighted by Crippen LogP contribution is -2.23. The predicted molar refractivity (Wildman–Crippen MR) is 141 cm³/mol. The van der Waals surface area contributed by atoms with Crippen molar-refractivity contribution in [2.24, 2.45) is 0 Å². The van der Waals surface area contributed by atoms with Crippen molar-refractivity contribution in [3.8, 4) is 11.5 Å². The van der Waals surface area contributed by atoms with Crippen LogP contribution < -0.4 is 15.0 Å². The first-order valence-corrected chi connectivity index (χ1v) is 13.4. The summed E-state index contributed by atoms with van der Waals surface area (Å²) in [6.07, 6.45) is 0. The maximum Gasteiger partial charge on any atom is 0.273 e. The van der Waals surface area contributed by atoms with E-state index in [1.807, 2.05) is 47.9 Å². The standard InChI is InChI=1S/C26H26N4O3S2/c1-4-32-21-10-9-18(14-22(21)33-5-2)15-29-24(31)23-20(11-12-34-23)30-25(29)27-28-26(30)35-16-19-8-6-7-17(3)13-19/h6-14H,4-5,15-16H2,1-3H3. The minimum atomic E-state index is -0.0722. The van der Waals surface area contributed by atoms with Crippen molar-refractivity contribution in [2.45, 2.75) is 38.2 Å². The summed E-state index contributed by atoms with van der Waals surface area (Å²) in [6.45, 7) is 7.40. The molecule has 0 unspecified atom stereocenters. The molecule has 0 N–H and O–H groups in total. The molecule has 0 aliphatic carbocycles. The Labute approximate surface area is 211 Å². The molecule has 0 saturated carbocycles. The molecule has 0 radical (unpaired) electrons. The second-order valence-corrected chi connectivity index (χ2v) is 9.93. The van der Waals surface area contributed by atoms with Gasteiger partial charge >= 0.3 is 0 Å². The van der Waals surface area contributed by atoms with Crippen molar-refractivity contribution in [3.05, 3.63) is 81.0 Å². The highest BCUT2D eigenvalue weighted by Gasteiger charge is 2.19. The summed E-state index contributed by atoms with van der Waals surface area (Å²) in [5.41, 5.74) is 4.14. The number of aryl methyl sites for hydroxylation is 1. The zero-order valence-electron chi connectivity index (χ0n) is 19.9. The first kappa shape index (κ1) is 23.4. The first-order valence-electron chi connectivity index (χ1n) is 11.5. The number of nitrogens with zero attached hydrogens (tertiary/aromatic N) is 4. The van der Waals surface area contributed by atoms with Crippen molar-refractivity contribution in [3.63, 3.8) is 0 Å². The van der Waals surface area contributed by atoms with Crippen molar-refractivity contribution < 1.29 is 9.47 Å². The summed E-state index contributed by atoms with van der Waals surface area (Å²) >= 11 is 3.05. The lowest BCUT2D eigenvalue weighted by Gasteiger charge is -2.14. The molecule has 5 aromatic rings. The van der Waals surface area contributed by atoms with Gasteiger partial charge in [0.05, 0.1) is 25.3 Å². The highest BCUT2D eigenvalue weighted by atomic mass is 32.2. The van der Waals surface area contributed by atoms with Crippen LogP contribution in [0.5, 0.6) is 11.5 Å². The molecule has 0 spiro atoms. The Bertz CT molecular complexity index is 1550. The number of hydrogen-bond donors (Lipinski definition) is 0. The number of aromatic nitrogens is 4. The average molecular weight is 507 g/mol. The van der Waals surface area contributed by atoms with Gasteiger partial charge in [0.1, 0.15) is 4.70 Å². The highest BCUT2D eigenvalue weighted by molar-refractivity contribution is 7.98. The molecule has 0 bridgehead atoms. The Hall–Kier alpha value is -3.30. The summed E-state index contributed by atoms with van der Waals surface area (Å²) in [6, 6.07) is 16.2. The van der Waals surface area contributed by atoms with E-state index < -0.39 is 0 Å². The lowest BCUT2D eigenvalue weighted by molar-refractivity contribution is 0.287. The third-order valence-electron chi connectivity index (χ3n) is 5.58. The van der Waals surface area contributed by atoms with Crippen molar-refractivity contribution in [1.82, 2.24) is 19.2 Å². The van der Waals surface area contributed by atoms with Crippen molar-refractivity contribution >= 4 is 39.1 Å². The van der Waals surface area contributed by atoms with E-state index in [1.165, 1.54) is 22.5 Å². The van der Waals surface area contributed by atoms with Crippen LogP contribution in [0, 0.1) is 6.92 Å². The largest absolute Gasteiger partial charge is 0.490 e. The fraction of sp³-hybridized carbons (Fsp3) is 0.269. The van der Waals surface area contributed by atoms with Crippen LogP contribution in [0.25, 0.3) is 16.0 Å². The van der Waals surface area contributed by atoms with Gasteiger partial charge in [-0.15, -0.1) is 21.5 Å². The molecule has 0 aliphatic heterocycles. The molecule has 0 saturated heterocycles. The number of benzene rings is 2. The Balaban J connectivity index is 1.55. The predicted octanol–water partition coefficient (Wildman–Crippen LogP) is 5.55. The van der Waals surface area contributed by atoms with Crippen LogP contribution in [0.1, 0.15) is 30.5 Å². The topological polar surface area (TPSA) is 70.7 Å². The molecule has 0 atom stereocenters. The number of rotatable bonds is 9. The Kier molecular flexibility index (Phi) is 6.79. The summed E-state index contributed by atoms with van der Waals surface area (Å²) in [5, 5.41) is 11.6. The van der Waals surface area contributed by atoms with Gasteiger partial charge in [0.2, 0.25) is 5.78 Å². The van der Waals surface area contributed by atoms with Crippen molar-refractivity contribution in [2.75, 3.05) is 13.2 Å². The van der Waals surface area contributed by atoms with Crippen LogP contribution in [0.15, 0.2) is 63.9 Å². The van der Waals surface area contributed by atoms with Crippen LogP contribution in [-0.4, -0.2) is 32.4 Å². The second kappa shape index (κ2) is 10.1. The molecule has 35 heavy (non-hydrogen) atoms. The van der Waals surface area contributed by atoms with Gasteiger partial charge < -0.3 is 9.47 Å². The molecule has 2 aromatic carbocycles. The quantitative estimate of drug-likeness (QED) is 0.244. The highest BCUT2D eigenvalue weighted by Crippen LogP contribution is 2.30. The summed E-state index contributed by atoms with van der Waals surface area (Å²) in [5.74, 6) is 2.66. The summed E-state index contributed by atoms with van der Waals surface area (Å²) in [4.78, 5) is 13.4. The minimum Gasteiger partial charge on any atom is -0.490 e. The third kappa shape index (κ3) is 4.66. The second-order valence-electron chi connectivity index (χ2n) is 8.07. The summed E-state index contributed by atoms with van der Waals surface area (Å²) in [7, 11) is 0. The monoisotopic (exact) mass is 506 g/mol. The first-order chi connectivity index (χ1) is 17.1. The number of hydrogen-bond acceptors (Lipinski definition) is 7. The normalized spacial score (nSPS) is 11.4. The molecule has 0 fully saturated rings. The van der Waals surface area contributed by atoms with Gasteiger partial charge in [-0.2, -0.15) is 0 Å². The average Bonchev–Trinajstić information content (AvgIpc) is 3.50. The van der Waals surface area contributed by atoms with Gasteiger partial charge in [0.25, 0.3) is 5.56 Å². The van der Waals surface area contributed by atoms with Crippen molar-refractivity contribution in [1.29, 1.82) is 0 Å². The molecule has 7 nitrogen and oxygen atoms in total. The fourth-order valence-corrected chi connectivity index (χ4v) is 5.77. The SMILES string of the molecule is CCOc1ccc(Cn2c(=O)c3sccc3n3c(SCc4cccc(C)c4)nnc23)cc1OCC. The molecular formula is C26H26N4O3S2. The van der Waals surface area contributed by atoms with E-state index in [-0.39, 0.29) is 5.56 Å². The van der Waals surface area contributed by atoms with Gasteiger partial charge in [-0.3, -0.25) is 13.8 Å². The zero-order chi connectivity index (χ0) is 24.4. The number of thioether (sulfide) groups is 1. The fourth-order valence-electron chi connectivity index (χ4n) is 4.06. The molecule has 9 heteroatoms. The lowest BCUT2D eigenvalue weighted by atomic mass is 10.2. The van der Waals surface area contributed by atoms with Crippen LogP contribution in [-0.2, 0) is 12.3 Å². The van der Waals surface area contributed by atoms with E-state index in [2.05, 4.69) is 41.4 Å². The maximum absolute atomic E-state index is 13.4. The number of ether oxygens (including phenoxy) is 2. The molecule has 0 amide bonds. The van der Waals surface area contributed by atoms with Crippen LogP contribution in [0.2, 0.25) is 0 Å². The van der Waals surface area contributed by atoms with Crippen LogP contribution in [0.4, 0.5) is 0 Å². The van der Waals surface area contributed by atoms with E-state index in [0.717, 1.165) is 22.0 Å². The van der Waals surface area contributed by atoms with E-state index in [1.54, 1.807) is 16.3 Å². The van der Waals surface area contributed by atoms with Gasteiger partial charge in [-0.05, 0) is 55.5 Å². The van der Waals surface area contributed by atoms with Gasteiger partial charge in [-0.25, -0.2) is 0 Å². The molecule has 180 valence electrons. The molecule has 3 aromatic heterocycles. The van der Waals surface area contributed by atoms with E-state index >= 15 is 0 Å². The van der Waals surface area contributed by atoms with Crippen LogP contribution in [0.3, 0.4) is 0 Å². The van der Waals surface area contributed by atoms with E-state index in [9.17, 15) is 4.79 Å². The van der Waals surface area contributed by atoms with Gasteiger partial charge in [-0.1, -0.05) is 47.7 Å². The minimum absolute atomic E-state index is 0.0722. The number of fused-ring (bicyclic) bond motifs is 3. The molecule has 0 aliphatic rings. The van der Waals surface area contributed by atoms with Crippen LogP contribution >= 0.6 is 23.1 Å². The van der Waals surface area contributed by atoms with E-state index in [0.29, 0.717) is 41.7 Å². The van der Waals surface area contributed by atoms with Gasteiger partial charge in [0, 0.05) is 5.75 Å². The summed E-state index contributed by atoms with van der Waals surface area (Å²) < 4.78 is 15.8. The zero-order valence-corrected chi connectivity index (χ0v) is 21.5. The number of thiophene rings is 1. The third-order valence-corrected chi connectivity index (χ3v) is 7.47. The maximum atomic E-state index is 13.4. The molecular weight excluding hydrogens is 480 g/mol. The molecule has 5 rings (SSSR count). The van der Waals surface area contributed by atoms with Gasteiger partial charge in [0.15, 0.2) is 16.7 Å². The Morgan fingerprint density at radius 3 is 2.60 bits per heavy atom. The smallest absolute Gasteiger partial charge is 0.273 e. The molecule has 3 heterocycles. The van der Waals surface area contributed by atoms with E-state index in [4.69, 9.17) is 9.47 Å². The Morgan fingerprint density at radius 1 is 0.971 bits per heavy atom. The Morgan fingerprint density at radius 2 is 1.80 bits per heavy atom.